The lowest BCUT2D eigenvalue weighted by molar-refractivity contribution is -0.534. The summed E-state index contributed by atoms with van der Waals surface area (Å²) in [6.45, 7) is 4.19. The molecule has 2 heterocycles. The molecule has 0 saturated heterocycles. The third kappa shape index (κ3) is 3.80. The van der Waals surface area contributed by atoms with E-state index in [1.807, 2.05) is 37.3 Å². The molecule has 0 radical (unpaired) electrons. The molecule has 32 heavy (non-hydrogen) atoms. The van der Waals surface area contributed by atoms with Crippen LogP contribution in [0.1, 0.15) is 38.2 Å². The Balaban J connectivity index is 1.54. The van der Waals surface area contributed by atoms with Crippen molar-refractivity contribution in [3.8, 4) is 16.9 Å². The lowest BCUT2D eigenvalue weighted by Crippen LogP contribution is -2.47. The first-order valence-electron chi connectivity index (χ1n) is 11.7. The lowest BCUT2D eigenvalue weighted by atomic mass is 9.99. The van der Waals surface area contributed by atoms with Crippen LogP contribution in [0.2, 0.25) is 0 Å². The van der Waals surface area contributed by atoms with E-state index in [-0.39, 0.29) is 0 Å². The number of amidine groups is 1. The topological polar surface area (TPSA) is 35.7 Å². The molecule has 1 atom stereocenters. The van der Waals surface area contributed by atoms with E-state index in [0.29, 0.717) is 13.2 Å². The van der Waals surface area contributed by atoms with Crippen molar-refractivity contribution in [3.63, 3.8) is 0 Å². The van der Waals surface area contributed by atoms with Gasteiger partial charge in [-0.1, -0.05) is 42.5 Å². The average Bonchev–Trinajstić information content (AvgIpc) is 2.95. The highest BCUT2D eigenvalue weighted by molar-refractivity contribution is 5.97. The zero-order chi connectivity index (χ0) is 22.0. The van der Waals surface area contributed by atoms with Gasteiger partial charge in [-0.15, -0.1) is 0 Å². The molecule has 4 heteroatoms. The van der Waals surface area contributed by atoms with Gasteiger partial charge < -0.3 is 9.84 Å². The second-order valence-corrected chi connectivity index (χ2v) is 8.67. The molecule has 0 saturated carbocycles. The molecule has 2 aliphatic rings. The SMILES string of the molecule is CCOc1ccc([C@@]2(O)C[N+]3=C(CCCCC3)N2c2ccc(-c3ccccc3)cc2)cc1. The summed E-state index contributed by atoms with van der Waals surface area (Å²) in [5.41, 5.74) is 3.20. The van der Waals surface area contributed by atoms with Gasteiger partial charge in [-0.2, -0.15) is 4.90 Å². The van der Waals surface area contributed by atoms with E-state index in [0.717, 1.165) is 36.4 Å². The van der Waals surface area contributed by atoms with Crippen molar-refractivity contribution in [2.75, 3.05) is 24.6 Å². The van der Waals surface area contributed by atoms with Gasteiger partial charge in [0.15, 0.2) is 6.54 Å². The fraction of sp³-hybridized carbons (Fsp3) is 0.321. The van der Waals surface area contributed by atoms with Crippen LogP contribution in [0.15, 0.2) is 78.9 Å². The predicted octanol–water partition coefficient (Wildman–Crippen LogP) is 5.40. The second-order valence-electron chi connectivity index (χ2n) is 8.67. The highest BCUT2D eigenvalue weighted by Crippen LogP contribution is 2.39. The Morgan fingerprint density at radius 1 is 0.875 bits per heavy atom. The maximum Gasteiger partial charge on any atom is 0.275 e. The van der Waals surface area contributed by atoms with E-state index in [2.05, 4.69) is 58.0 Å². The minimum absolute atomic E-state index is 0.580. The molecule has 0 fully saturated rings. The number of benzene rings is 3. The van der Waals surface area contributed by atoms with E-state index in [1.54, 1.807) is 0 Å². The standard InChI is InChI=1S/C28H31N2O2/c1-2-32-26-18-14-24(15-19-26)28(31)21-29-20-8-4-7-11-27(29)30(28)25-16-12-23(13-17-25)22-9-5-3-6-10-22/h3,5-6,9-10,12-19,31H,2,4,7-8,11,20-21H2,1H3/q+1/t28-/m0/s1. The smallest absolute Gasteiger partial charge is 0.275 e. The largest absolute Gasteiger partial charge is 0.494 e. The summed E-state index contributed by atoms with van der Waals surface area (Å²) in [4.78, 5) is 2.17. The molecular formula is C28H31N2O2+. The lowest BCUT2D eigenvalue weighted by Gasteiger charge is -2.29. The molecule has 0 bridgehead atoms. The van der Waals surface area contributed by atoms with Gasteiger partial charge in [-0.3, -0.25) is 4.58 Å². The first-order valence-corrected chi connectivity index (χ1v) is 11.7. The van der Waals surface area contributed by atoms with Crippen LogP contribution in [-0.2, 0) is 5.72 Å². The van der Waals surface area contributed by atoms with Crippen LogP contribution in [0, 0.1) is 0 Å². The van der Waals surface area contributed by atoms with E-state index in [4.69, 9.17) is 4.74 Å². The van der Waals surface area contributed by atoms with E-state index in [9.17, 15) is 5.11 Å². The summed E-state index contributed by atoms with van der Waals surface area (Å²) in [5, 5.41) is 12.1. The number of hydrogen-bond acceptors (Lipinski definition) is 3. The first-order chi connectivity index (χ1) is 15.7. The summed E-state index contributed by atoms with van der Waals surface area (Å²) in [6.07, 6.45) is 4.55. The number of nitrogens with zero attached hydrogens (tertiary/aromatic N) is 2. The van der Waals surface area contributed by atoms with Crippen molar-refractivity contribution in [3.05, 3.63) is 84.4 Å². The zero-order valence-electron chi connectivity index (χ0n) is 18.7. The molecule has 3 aromatic carbocycles. The van der Waals surface area contributed by atoms with Crippen molar-refractivity contribution in [1.82, 2.24) is 0 Å². The predicted molar refractivity (Wildman–Crippen MR) is 129 cm³/mol. The highest BCUT2D eigenvalue weighted by Gasteiger charge is 2.54. The van der Waals surface area contributed by atoms with Crippen molar-refractivity contribution >= 4 is 11.5 Å². The van der Waals surface area contributed by atoms with Crippen molar-refractivity contribution in [2.24, 2.45) is 0 Å². The Morgan fingerprint density at radius 2 is 1.59 bits per heavy atom. The molecule has 0 amide bonds. The first kappa shape index (κ1) is 20.8. The van der Waals surface area contributed by atoms with Crippen LogP contribution in [0.25, 0.3) is 11.1 Å². The molecule has 0 unspecified atom stereocenters. The summed E-state index contributed by atoms with van der Waals surface area (Å²) >= 11 is 0. The quantitative estimate of drug-likeness (QED) is 0.554. The van der Waals surface area contributed by atoms with Gasteiger partial charge in [0.2, 0.25) is 0 Å². The molecule has 4 nitrogen and oxygen atoms in total. The van der Waals surface area contributed by atoms with Gasteiger partial charge in [0.05, 0.1) is 13.2 Å². The molecule has 0 aromatic heterocycles. The third-order valence-electron chi connectivity index (χ3n) is 6.59. The molecular weight excluding hydrogens is 396 g/mol. The van der Waals surface area contributed by atoms with Crippen LogP contribution in [0.3, 0.4) is 0 Å². The van der Waals surface area contributed by atoms with Gasteiger partial charge in [0.25, 0.3) is 11.6 Å². The van der Waals surface area contributed by atoms with E-state index in [1.165, 1.54) is 29.8 Å². The number of rotatable bonds is 5. The second kappa shape index (κ2) is 8.79. The average molecular weight is 428 g/mol. The normalized spacial score (nSPS) is 20.8. The van der Waals surface area contributed by atoms with Crippen LogP contribution in [0.5, 0.6) is 5.75 Å². The van der Waals surface area contributed by atoms with Crippen molar-refractivity contribution in [2.45, 2.75) is 38.3 Å². The van der Waals surface area contributed by atoms with Gasteiger partial charge in [0.1, 0.15) is 11.4 Å². The van der Waals surface area contributed by atoms with Crippen molar-refractivity contribution < 1.29 is 14.4 Å². The van der Waals surface area contributed by atoms with Crippen LogP contribution < -0.4 is 9.64 Å². The van der Waals surface area contributed by atoms with Crippen molar-refractivity contribution in [1.29, 1.82) is 0 Å². The van der Waals surface area contributed by atoms with Gasteiger partial charge in [0, 0.05) is 12.0 Å². The van der Waals surface area contributed by atoms with Gasteiger partial charge >= 0.3 is 0 Å². The zero-order valence-corrected chi connectivity index (χ0v) is 18.7. The molecule has 164 valence electrons. The summed E-state index contributed by atoms with van der Waals surface area (Å²) in [7, 11) is 0. The maximum atomic E-state index is 12.1. The molecule has 0 spiro atoms. The molecule has 3 aromatic rings. The number of aliphatic hydroxyl groups is 1. The molecule has 1 N–H and O–H groups in total. The Kier molecular flexibility index (Phi) is 5.71. The summed E-state index contributed by atoms with van der Waals surface area (Å²) in [6, 6.07) is 26.9. The fourth-order valence-corrected chi connectivity index (χ4v) is 5.02. The maximum absolute atomic E-state index is 12.1. The molecule has 5 rings (SSSR count). The number of anilines is 1. The summed E-state index contributed by atoms with van der Waals surface area (Å²) < 4.78 is 8.01. The highest BCUT2D eigenvalue weighted by atomic mass is 16.5. The Labute approximate surface area is 190 Å². The van der Waals surface area contributed by atoms with Gasteiger partial charge in [-0.05, 0) is 73.7 Å². The summed E-state index contributed by atoms with van der Waals surface area (Å²) in [5.74, 6) is 2.06. The minimum Gasteiger partial charge on any atom is -0.494 e. The van der Waals surface area contributed by atoms with E-state index >= 15 is 0 Å². The van der Waals surface area contributed by atoms with E-state index < -0.39 is 5.72 Å². The van der Waals surface area contributed by atoms with Gasteiger partial charge in [-0.25, -0.2) is 0 Å². The van der Waals surface area contributed by atoms with Crippen LogP contribution in [0.4, 0.5) is 5.69 Å². The third-order valence-corrected chi connectivity index (χ3v) is 6.59. The fourth-order valence-electron chi connectivity index (χ4n) is 5.02. The Hall–Kier alpha value is -3.11. The minimum atomic E-state index is -1.11. The number of hydrogen-bond donors (Lipinski definition) is 1. The van der Waals surface area contributed by atoms with Crippen LogP contribution in [-0.4, -0.2) is 35.2 Å². The Morgan fingerprint density at radius 3 is 2.31 bits per heavy atom. The Bertz CT molecular complexity index is 1090. The molecule has 0 aliphatic carbocycles. The van der Waals surface area contributed by atoms with Crippen LogP contribution >= 0.6 is 0 Å². The number of ether oxygens (including phenoxy) is 1. The molecule has 2 aliphatic heterocycles. The monoisotopic (exact) mass is 427 g/mol.